The van der Waals surface area contributed by atoms with E-state index in [9.17, 15) is 0 Å². The number of benzene rings is 1. The predicted octanol–water partition coefficient (Wildman–Crippen LogP) is 3.52. The summed E-state index contributed by atoms with van der Waals surface area (Å²) in [7, 11) is 1.70. The Kier molecular flexibility index (Phi) is 5.44. The second-order valence-electron chi connectivity index (χ2n) is 6.07. The second-order valence-corrected chi connectivity index (χ2v) is 6.07. The summed E-state index contributed by atoms with van der Waals surface area (Å²) >= 11 is 0. The van der Waals surface area contributed by atoms with E-state index in [2.05, 4.69) is 31.3 Å². The van der Waals surface area contributed by atoms with Crippen LogP contribution in [0.4, 0.5) is 0 Å². The number of nitrogens with one attached hydrogen (secondary N) is 1. The maximum Gasteiger partial charge on any atom is 0.119 e. The molecule has 0 bridgehead atoms. The molecule has 0 aromatic heterocycles. The molecule has 1 aliphatic rings. The first-order chi connectivity index (χ1) is 9.63. The maximum atomic E-state index is 6.31. The van der Waals surface area contributed by atoms with Crippen molar-refractivity contribution in [1.82, 2.24) is 5.32 Å². The molecule has 3 heteroatoms. The van der Waals surface area contributed by atoms with Crippen molar-refractivity contribution in [3.8, 4) is 5.75 Å². The predicted molar refractivity (Wildman–Crippen MR) is 82.1 cm³/mol. The van der Waals surface area contributed by atoms with Gasteiger partial charge in [0.05, 0.1) is 19.3 Å². The van der Waals surface area contributed by atoms with Crippen LogP contribution in [0.25, 0.3) is 0 Å². The lowest BCUT2D eigenvalue weighted by Gasteiger charge is -2.31. The average molecular weight is 277 g/mol. The Labute approximate surface area is 122 Å². The van der Waals surface area contributed by atoms with Gasteiger partial charge in [0.25, 0.3) is 0 Å². The first-order valence-corrected chi connectivity index (χ1v) is 7.64. The molecule has 0 unspecified atom stereocenters. The van der Waals surface area contributed by atoms with E-state index in [0.29, 0.717) is 12.6 Å². The third kappa shape index (κ3) is 4.22. The Bertz CT molecular complexity index is 411. The minimum Gasteiger partial charge on any atom is -0.497 e. The van der Waals surface area contributed by atoms with Crippen molar-refractivity contribution in [2.24, 2.45) is 0 Å². The molecule has 0 aliphatic heterocycles. The van der Waals surface area contributed by atoms with E-state index in [1.165, 1.54) is 18.4 Å². The number of methoxy groups -OCH3 is 1. The molecule has 2 rings (SSSR count). The Hall–Kier alpha value is -1.06. The SMILES string of the molecule is COc1cccc(COC2(CNC(C)C)CCCC2)c1. The molecule has 0 atom stereocenters. The van der Waals surface area contributed by atoms with E-state index in [1.54, 1.807) is 7.11 Å². The zero-order chi connectivity index (χ0) is 14.4. The summed E-state index contributed by atoms with van der Waals surface area (Å²) < 4.78 is 11.6. The van der Waals surface area contributed by atoms with Crippen molar-refractivity contribution in [2.75, 3.05) is 13.7 Å². The molecule has 20 heavy (non-hydrogen) atoms. The van der Waals surface area contributed by atoms with Gasteiger partial charge in [0.1, 0.15) is 5.75 Å². The van der Waals surface area contributed by atoms with Crippen LogP contribution >= 0.6 is 0 Å². The van der Waals surface area contributed by atoms with E-state index in [1.807, 2.05) is 12.1 Å². The highest BCUT2D eigenvalue weighted by Crippen LogP contribution is 2.33. The van der Waals surface area contributed by atoms with Gasteiger partial charge in [-0.2, -0.15) is 0 Å². The van der Waals surface area contributed by atoms with Crippen molar-refractivity contribution in [3.63, 3.8) is 0 Å². The standard InChI is InChI=1S/C17H27NO2/c1-14(2)18-13-17(9-4-5-10-17)20-12-15-7-6-8-16(11-15)19-3/h6-8,11,14,18H,4-5,9-10,12-13H2,1-3H3. The summed E-state index contributed by atoms with van der Waals surface area (Å²) in [6.45, 7) is 5.99. The highest BCUT2D eigenvalue weighted by Gasteiger charge is 2.34. The van der Waals surface area contributed by atoms with Gasteiger partial charge in [0.15, 0.2) is 0 Å². The maximum absolute atomic E-state index is 6.31. The molecule has 1 aromatic carbocycles. The van der Waals surface area contributed by atoms with Crippen molar-refractivity contribution >= 4 is 0 Å². The molecule has 1 aromatic rings. The Morgan fingerprint density at radius 1 is 1.25 bits per heavy atom. The van der Waals surface area contributed by atoms with Gasteiger partial charge in [-0.25, -0.2) is 0 Å². The Morgan fingerprint density at radius 2 is 2.00 bits per heavy atom. The van der Waals surface area contributed by atoms with Crippen LogP contribution in [0.15, 0.2) is 24.3 Å². The quantitative estimate of drug-likeness (QED) is 0.827. The zero-order valence-electron chi connectivity index (χ0n) is 12.9. The zero-order valence-corrected chi connectivity index (χ0v) is 12.9. The van der Waals surface area contributed by atoms with Crippen LogP contribution < -0.4 is 10.1 Å². The fraction of sp³-hybridized carbons (Fsp3) is 0.647. The van der Waals surface area contributed by atoms with Crippen LogP contribution in [0.2, 0.25) is 0 Å². The van der Waals surface area contributed by atoms with Crippen molar-refractivity contribution < 1.29 is 9.47 Å². The highest BCUT2D eigenvalue weighted by molar-refractivity contribution is 5.27. The summed E-state index contributed by atoms with van der Waals surface area (Å²) in [6, 6.07) is 8.65. The van der Waals surface area contributed by atoms with Crippen LogP contribution in [0.1, 0.15) is 45.1 Å². The molecular weight excluding hydrogens is 250 g/mol. The minimum atomic E-state index is 0.0212. The average Bonchev–Trinajstić information content (AvgIpc) is 2.93. The molecule has 0 heterocycles. The van der Waals surface area contributed by atoms with Gasteiger partial charge in [-0.15, -0.1) is 0 Å². The lowest BCUT2D eigenvalue weighted by atomic mass is 10.0. The molecule has 3 nitrogen and oxygen atoms in total. The number of ether oxygens (including phenoxy) is 2. The molecule has 0 saturated heterocycles. The van der Waals surface area contributed by atoms with Gasteiger partial charge < -0.3 is 14.8 Å². The molecule has 1 N–H and O–H groups in total. The van der Waals surface area contributed by atoms with E-state index >= 15 is 0 Å². The third-order valence-electron chi connectivity index (χ3n) is 4.03. The van der Waals surface area contributed by atoms with Gasteiger partial charge in [-0.1, -0.05) is 38.8 Å². The van der Waals surface area contributed by atoms with Gasteiger partial charge in [-0.3, -0.25) is 0 Å². The minimum absolute atomic E-state index is 0.0212. The number of hydrogen-bond acceptors (Lipinski definition) is 3. The molecule has 0 spiro atoms. The summed E-state index contributed by atoms with van der Waals surface area (Å²) in [5.41, 5.74) is 1.20. The van der Waals surface area contributed by atoms with Crippen LogP contribution in [0, 0.1) is 0 Å². The van der Waals surface area contributed by atoms with Crippen molar-refractivity contribution in [2.45, 2.75) is 57.8 Å². The number of rotatable bonds is 7. The highest BCUT2D eigenvalue weighted by atomic mass is 16.5. The summed E-state index contributed by atoms with van der Waals surface area (Å²) in [6.07, 6.45) is 4.88. The first kappa shape index (κ1) is 15.3. The van der Waals surface area contributed by atoms with Crippen LogP contribution in [0.3, 0.4) is 0 Å². The Morgan fingerprint density at radius 3 is 2.65 bits per heavy atom. The summed E-state index contributed by atoms with van der Waals surface area (Å²) in [5, 5.41) is 3.54. The van der Waals surface area contributed by atoms with Gasteiger partial charge in [0, 0.05) is 12.6 Å². The van der Waals surface area contributed by atoms with Crippen molar-refractivity contribution in [1.29, 1.82) is 0 Å². The fourth-order valence-electron chi connectivity index (χ4n) is 2.78. The van der Waals surface area contributed by atoms with Crippen LogP contribution in [-0.4, -0.2) is 25.3 Å². The normalized spacial score (nSPS) is 17.6. The molecule has 112 valence electrons. The topological polar surface area (TPSA) is 30.5 Å². The molecule has 1 fully saturated rings. The van der Waals surface area contributed by atoms with Gasteiger partial charge >= 0.3 is 0 Å². The van der Waals surface area contributed by atoms with Gasteiger partial charge in [0.2, 0.25) is 0 Å². The molecular formula is C17H27NO2. The van der Waals surface area contributed by atoms with E-state index in [4.69, 9.17) is 9.47 Å². The second kappa shape index (κ2) is 7.09. The smallest absolute Gasteiger partial charge is 0.119 e. The van der Waals surface area contributed by atoms with Crippen molar-refractivity contribution in [3.05, 3.63) is 29.8 Å². The largest absolute Gasteiger partial charge is 0.497 e. The summed E-state index contributed by atoms with van der Waals surface area (Å²) in [5.74, 6) is 0.895. The molecule has 0 radical (unpaired) electrons. The van der Waals surface area contributed by atoms with Crippen LogP contribution in [0.5, 0.6) is 5.75 Å². The summed E-state index contributed by atoms with van der Waals surface area (Å²) in [4.78, 5) is 0. The van der Waals surface area contributed by atoms with Gasteiger partial charge in [-0.05, 0) is 30.5 Å². The first-order valence-electron chi connectivity index (χ1n) is 7.64. The van der Waals surface area contributed by atoms with E-state index < -0.39 is 0 Å². The third-order valence-corrected chi connectivity index (χ3v) is 4.03. The Balaban J connectivity index is 1.94. The fourth-order valence-corrected chi connectivity index (χ4v) is 2.78. The lowest BCUT2D eigenvalue weighted by molar-refractivity contribution is -0.0514. The lowest BCUT2D eigenvalue weighted by Crippen LogP contribution is -2.43. The number of hydrogen-bond donors (Lipinski definition) is 1. The molecule has 1 aliphatic carbocycles. The van der Waals surface area contributed by atoms with Crippen LogP contribution in [-0.2, 0) is 11.3 Å². The molecule has 1 saturated carbocycles. The van der Waals surface area contributed by atoms with E-state index in [0.717, 1.165) is 25.1 Å². The van der Waals surface area contributed by atoms with E-state index in [-0.39, 0.29) is 5.60 Å². The monoisotopic (exact) mass is 277 g/mol. The molecule has 0 amide bonds.